The molecule has 0 aliphatic heterocycles. The lowest BCUT2D eigenvalue weighted by Gasteiger charge is -2.19. The molecule has 0 heterocycles. The van der Waals surface area contributed by atoms with Crippen LogP contribution >= 0.6 is 0 Å². The molecule has 0 aliphatic rings. The van der Waals surface area contributed by atoms with Crippen molar-refractivity contribution in [1.29, 1.82) is 0 Å². The van der Waals surface area contributed by atoms with Gasteiger partial charge in [0.15, 0.2) is 5.78 Å². The highest BCUT2D eigenvalue weighted by molar-refractivity contribution is 5.97. The Morgan fingerprint density at radius 1 is 1.07 bits per heavy atom. The van der Waals surface area contributed by atoms with E-state index < -0.39 is 30.6 Å². The fourth-order valence-electron chi connectivity index (χ4n) is 3.61. The van der Waals surface area contributed by atoms with Crippen molar-refractivity contribution in [3.05, 3.63) is 41.5 Å². The van der Waals surface area contributed by atoms with Crippen molar-refractivity contribution in [2.75, 3.05) is 39.9 Å². The van der Waals surface area contributed by atoms with Gasteiger partial charge in [-0.25, -0.2) is 4.79 Å². The molecule has 0 radical (unpaired) electrons. The van der Waals surface area contributed by atoms with E-state index in [0.29, 0.717) is 24.5 Å². The number of amidine groups is 1. The number of unbranched alkanes of at least 4 members (excludes halogenated alkanes) is 1. The van der Waals surface area contributed by atoms with Crippen LogP contribution in [-0.2, 0) is 9.53 Å². The van der Waals surface area contributed by atoms with Crippen LogP contribution in [0.25, 0.3) is 6.08 Å². The van der Waals surface area contributed by atoms with Gasteiger partial charge in [-0.2, -0.15) is 0 Å². The van der Waals surface area contributed by atoms with E-state index in [0.717, 1.165) is 38.2 Å². The average molecular weight is 622 g/mol. The number of allylic oxidation sites excluding steroid dienone is 2. The van der Waals surface area contributed by atoms with Crippen LogP contribution in [0, 0.1) is 5.92 Å². The number of phenols is 1. The van der Waals surface area contributed by atoms with Crippen molar-refractivity contribution in [3.63, 3.8) is 0 Å². The van der Waals surface area contributed by atoms with Crippen LogP contribution in [0.5, 0.6) is 11.5 Å². The van der Waals surface area contributed by atoms with Gasteiger partial charge in [0.25, 0.3) is 0 Å². The van der Waals surface area contributed by atoms with E-state index in [4.69, 9.17) is 14.6 Å². The second-order valence-electron chi connectivity index (χ2n) is 9.42. The Bertz CT molecular complexity index is 1010. The first kappa shape index (κ1) is 42.9. The molecular formula is C34H59N3O7. The number of aliphatic hydroxyl groups excluding tert-OH is 2. The van der Waals surface area contributed by atoms with Crippen molar-refractivity contribution < 1.29 is 34.4 Å². The third-order valence-corrected chi connectivity index (χ3v) is 6.16. The monoisotopic (exact) mass is 621 g/mol. The van der Waals surface area contributed by atoms with Gasteiger partial charge in [0, 0.05) is 32.0 Å². The Morgan fingerprint density at radius 3 is 2.34 bits per heavy atom. The van der Waals surface area contributed by atoms with Crippen molar-refractivity contribution in [1.82, 2.24) is 10.6 Å². The number of rotatable bonds is 19. The number of ketones is 1. The second-order valence-corrected chi connectivity index (χ2v) is 9.42. The largest absolute Gasteiger partial charge is 0.507 e. The summed E-state index contributed by atoms with van der Waals surface area (Å²) in [5, 5.41) is 35.5. The van der Waals surface area contributed by atoms with Crippen LogP contribution in [0.3, 0.4) is 0 Å². The number of carbonyl (C=O) groups is 2. The summed E-state index contributed by atoms with van der Waals surface area (Å²) in [4.78, 5) is 28.9. The van der Waals surface area contributed by atoms with E-state index in [-0.39, 0.29) is 23.7 Å². The van der Waals surface area contributed by atoms with Gasteiger partial charge in [0.2, 0.25) is 0 Å². The fourth-order valence-corrected chi connectivity index (χ4v) is 3.61. The molecule has 0 aliphatic carbocycles. The predicted molar refractivity (Wildman–Crippen MR) is 181 cm³/mol. The molecule has 0 bridgehead atoms. The number of esters is 1. The number of phenolic OH excluding ortho intramolecular Hbond substituents is 1. The molecule has 1 aromatic rings. The zero-order valence-corrected chi connectivity index (χ0v) is 28.5. The first-order chi connectivity index (χ1) is 21.2. The first-order valence-corrected chi connectivity index (χ1v) is 15.9. The lowest BCUT2D eigenvalue weighted by atomic mass is 10.0. The summed E-state index contributed by atoms with van der Waals surface area (Å²) in [6, 6.07) is 3.14. The molecule has 10 nitrogen and oxygen atoms in total. The Labute approximate surface area is 265 Å². The van der Waals surface area contributed by atoms with Gasteiger partial charge in [0.05, 0.1) is 19.8 Å². The molecule has 44 heavy (non-hydrogen) atoms. The number of aliphatic imine (C=N–C) groups is 1. The molecule has 3 atom stereocenters. The number of hydrogen-bond donors (Lipinski definition) is 5. The summed E-state index contributed by atoms with van der Waals surface area (Å²) in [6.07, 6.45) is 7.40. The van der Waals surface area contributed by atoms with Crippen LogP contribution < -0.4 is 15.4 Å². The van der Waals surface area contributed by atoms with Gasteiger partial charge in [-0.05, 0) is 51.3 Å². The molecule has 1 rings (SSSR count). The van der Waals surface area contributed by atoms with Gasteiger partial charge in [0.1, 0.15) is 35.1 Å². The maximum absolute atomic E-state index is 13.0. The topological polar surface area (TPSA) is 150 Å². The number of carbonyl (C=O) groups excluding carboxylic acids is 2. The van der Waals surface area contributed by atoms with E-state index in [9.17, 15) is 19.8 Å². The smallest absolute Gasteiger partial charge is 0.342 e. The quantitative estimate of drug-likeness (QED) is 0.0456. The van der Waals surface area contributed by atoms with E-state index in [1.54, 1.807) is 38.3 Å². The molecule has 0 fully saturated rings. The number of Topliss-reactive ketones (excluding diaryl/α,β-unsaturated/α-hetero) is 1. The van der Waals surface area contributed by atoms with Gasteiger partial charge < -0.3 is 35.4 Å². The Kier molecular flexibility index (Phi) is 26.7. The molecule has 252 valence electrons. The van der Waals surface area contributed by atoms with Crippen LogP contribution in [0.4, 0.5) is 0 Å². The number of likely N-dealkylation sites (N-methyl/N-ethyl adjacent to an activating group) is 1. The molecule has 0 spiro atoms. The predicted octanol–water partition coefficient (Wildman–Crippen LogP) is 5.30. The van der Waals surface area contributed by atoms with Crippen molar-refractivity contribution in [2.45, 2.75) is 93.3 Å². The molecule has 10 heteroatoms. The van der Waals surface area contributed by atoms with Gasteiger partial charge in [-0.1, -0.05) is 65.8 Å². The van der Waals surface area contributed by atoms with E-state index >= 15 is 0 Å². The normalized spacial score (nSPS) is 13.3. The molecular weight excluding hydrogens is 562 g/mol. The lowest BCUT2D eigenvalue weighted by Crippen LogP contribution is -2.34. The molecule has 1 aromatic carbocycles. The summed E-state index contributed by atoms with van der Waals surface area (Å²) < 4.78 is 11.5. The average Bonchev–Trinajstić information content (AvgIpc) is 3.03. The number of nitrogens with one attached hydrogen (secondary N) is 2. The standard InChI is InChI=1S/C30H47N3O7.2C2H6/c1-6-8-13-23-17-24(39-16-10-9-15-32-19-28(31-5)33-7-2)18-26(36)29(23)30(38)40-22(4)21(3)12-11-14-25(35)27(37)20-34;2*1-2/h8,11-13,17-18,21-22,27,32,34,36-37H,6-7,9-10,14-16,19-20H2,1-5H3,(H,31,33);2*1-2H3/b12-11-,13-8+;;/t21-,22+,27+;;/m1../s1. The minimum absolute atomic E-state index is 0.0392. The highest BCUT2D eigenvalue weighted by Gasteiger charge is 2.23. The third kappa shape index (κ3) is 17.8. The van der Waals surface area contributed by atoms with Crippen LogP contribution in [-0.4, -0.2) is 85.0 Å². The number of aliphatic hydroxyl groups is 2. The van der Waals surface area contributed by atoms with Gasteiger partial charge >= 0.3 is 5.97 Å². The molecule has 5 N–H and O–H groups in total. The van der Waals surface area contributed by atoms with Crippen LogP contribution in [0.1, 0.15) is 97.0 Å². The summed E-state index contributed by atoms with van der Waals surface area (Å²) >= 11 is 0. The zero-order chi connectivity index (χ0) is 33.9. The van der Waals surface area contributed by atoms with Crippen LogP contribution in [0.15, 0.2) is 35.4 Å². The summed E-state index contributed by atoms with van der Waals surface area (Å²) in [6.45, 7) is 17.7. The molecule has 0 unspecified atom stereocenters. The summed E-state index contributed by atoms with van der Waals surface area (Å²) in [5.41, 5.74) is 0.553. The molecule has 0 saturated carbocycles. The minimum atomic E-state index is -1.40. The second kappa shape index (κ2) is 27.3. The van der Waals surface area contributed by atoms with Crippen LogP contribution in [0.2, 0.25) is 0 Å². The van der Waals surface area contributed by atoms with E-state index in [1.165, 1.54) is 6.07 Å². The fraction of sp³-hybridized carbons (Fsp3) is 0.618. The molecule has 0 amide bonds. The number of ether oxygens (including phenoxy) is 2. The molecule has 0 aromatic heterocycles. The van der Waals surface area contributed by atoms with Crippen molar-refractivity contribution in [2.24, 2.45) is 10.9 Å². The minimum Gasteiger partial charge on any atom is -0.507 e. The van der Waals surface area contributed by atoms with Gasteiger partial charge in [-0.3, -0.25) is 9.79 Å². The highest BCUT2D eigenvalue weighted by Crippen LogP contribution is 2.31. The zero-order valence-electron chi connectivity index (χ0n) is 28.5. The summed E-state index contributed by atoms with van der Waals surface area (Å²) in [7, 11) is 1.76. The van der Waals surface area contributed by atoms with E-state index in [2.05, 4.69) is 15.6 Å². The Balaban J connectivity index is 0. The number of hydrogen-bond acceptors (Lipinski definition) is 9. The Morgan fingerprint density at radius 2 is 1.75 bits per heavy atom. The van der Waals surface area contributed by atoms with Crippen molar-refractivity contribution >= 4 is 23.7 Å². The maximum atomic E-state index is 13.0. The molecule has 0 saturated heterocycles. The third-order valence-electron chi connectivity index (χ3n) is 6.16. The maximum Gasteiger partial charge on any atom is 0.342 e. The SMILES string of the molecule is CC.CC.CC/C=C/c1cc(OCCCCNCC(=NC)NCC)cc(O)c1C(=O)O[C@@H](C)[C@H](C)/C=C\CC(=O)[C@@H](O)CO. The number of benzene rings is 1. The van der Waals surface area contributed by atoms with Gasteiger partial charge in [-0.15, -0.1) is 0 Å². The summed E-state index contributed by atoms with van der Waals surface area (Å²) in [5.74, 6) is -0.239. The van der Waals surface area contributed by atoms with Crippen molar-refractivity contribution in [3.8, 4) is 11.5 Å². The number of nitrogens with zero attached hydrogens (tertiary/aromatic N) is 1. The Hall–Kier alpha value is -3.21. The number of aromatic hydroxyl groups is 1. The first-order valence-electron chi connectivity index (χ1n) is 15.9. The van der Waals surface area contributed by atoms with E-state index in [1.807, 2.05) is 54.5 Å². The lowest BCUT2D eigenvalue weighted by molar-refractivity contribution is -0.128. The highest BCUT2D eigenvalue weighted by atomic mass is 16.5.